The van der Waals surface area contributed by atoms with Crippen LogP contribution >= 0.6 is 11.3 Å². The number of thiophene rings is 1. The number of aromatic amines is 1. The first-order valence-corrected chi connectivity index (χ1v) is 13.2. The molecule has 0 saturated carbocycles. The molecular formula is C21H27N7O3S2. The third-order valence-electron chi connectivity index (χ3n) is 6.20. The fraction of sp³-hybridized carbons (Fsp3) is 0.476. The zero-order chi connectivity index (χ0) is 23.0. The summed E-state index contributed by atoms with van der Waals surface area (Å²) in [5.41, 5.74) is 2.83. The fourth-order valence-corrected chi connectivity index (χ4v) is 6.97. The molecule has 3 aromatic rings. The first kappa shape index (κ1) is 22.3. The molecule has 0 amide bonds. The Morgan fingerprint density at radius 1 is 0.909 bits per heavy atom. The quantitative estimate of drug-likeness (QED) is 0.579. The van der Waals surface area contributed by atoms with Crippen molar-refractivity contribution < 1.29 is 13.2 Å². The van der Waals surface area contributed by atoms with E-state index >= 15 is 0 Å². The van der Waals surface area contributed by atoms with Gasteiger partial charge in [-0.2, -0.15) is 9.40 Å². The summed E-state index contributed by atoms with van der Waals surface area (Å²) in [6.07, 6.45) is 0. The maximum Gasteiger partial charge on any atom is 0.252 e. The van der Waals surface area contributed by atoms with E-state index in [0.717, 1.165) is 46.6 Å². The third-order valence-corrected chi connectivity index (χ3v) is 9.65. The number of morpholine rings is 1. The van der Waals surface area contributed by atoms with Gasteiger partial charge in [-0.3, -0.25) is 5.10 Å². The van der Waals surface area contributed by atoms with E-state index in [0.29, 0.717) is 43.6 Å². The van der Waals surface area contributed by atoms with E-state index in [1.165, 1.54) is 11.3 Å². The van der Waals surface area contributed by atoms with Gasteiger partial charge in [-0.1, -0.05) is 0 Å². The van der Waals surface area contributed by atoms with Crippen LogP contribution in [-0.2, 0) is 14.8 Å². The van der Waals surface area contributed by atoms with Gasteiger partial charge in [0, 0.05) is 45.0 Å². The molecule has 33 heavy (non-hydrogen) atoms. The molecular weight excluding hydrogens is 462 g/mol. The van der Waals surface area contributed by atoms with Crippen LogP contribution in [0.15, 0.2) is 28.5 Å². The molecule has 2 aliphatic heterocycles. The van der Waals surface area contributed by atoms with Crippen molar-refractivity contribution in [2.24, 2.45) is 0 Å². The van der Waals surface area contributed by atoms with Crippen LogP contribution in [-0.4, -0.2) is 85.6 Å². The first-order valence-electron chi connectivity index (χ1n) is 11.0. The fourth-order valence-electron chi connectivity index (χ4n) is 4.04. The summed E-state index contributed by atoms with van der Waals surface area (Å²) >= 11 is 1.26. The largest absolute Gasteiger partial charge is 0.378 e. The third kappa shape index (κ3) is 4.35. The predicted molar refractivity (Wildman–Crippen MR) is 127 cm³/mol. The topological polar surface area (TPSA) is 108 Å². The molecule has 2 saturated heterocycles. The SMILES string of the molecule is Cc1[nH]nc(-c2ccc(S(=O)(=O)N3CCN(c4ccc(N5CCOCC5)nn4)CC3)s2)c1C. The highest BCUT2D eigenvalue weighted by molar-refractivity contribution is 7.91. The van der Waals surface area contributed by atoms with Crippen LogP contribution in [0.4, 0.5) is 11.6 Å². The molecule has 0 radical (unpaired) electrons. The average molecular weight is 490 g/mol. The van der Waals surface area contributed by atoms with Gasteiger partial charge < -0.3 is 14.5 Å². The molecule has 1 N–H and O–H groups in total. The van der Waals surface area contributed by atoms with Gasteiger partial charge >= 0.3 is 0 Å². The van der Waals surface area contributed by atoms with Crippen LogP contribution in [0.1, 0.15) is 11.3 Å². The highest BCUT2D eigenvalue weighted by atomic mass is 32.2. The summed E-state index contributed by atoms with van der Waals surface area (Å²) < 4.78 is 33.7. The summed E-state index contributed by atoms with van der Waals surface area (Å²) in [6, 6.07) is 7.45. The number of rotatable bonds is 5. The highest BCUT2D eigenvalue weighted by Crippen LogP contribution is 2.34. The van der Waals surface area contributed by atoms with E-state index < -0.39 is 10.0 Å². The van der Waals surface area contributed by atoms with Gasteiger partial charge in [0.1, 0.15) is 9.90 Å². The van der Waals surface area contributed by atoms with Gasteiger partial charge in [0.05, 0.1) is 18.1 Å². The Labute approximate surface area is 197 Å². The second-order valence-electron chi connectivity index (χ2n) is 8.18. The first-order chi connectivity index (χ1) is 15.9. The lowest BCUT2D eigenvalue weighted by Gasteiger charge is -2.34. The number of nitrogens with one attached hydrogen (secondary N) is 1. The van der Waals surface area contributed by atoms with E-state index in [-0.39, 0.29) is 0 Å². The van der Waals surface area contributed by atoms with Gasteiger partial charge in [0.25, 0.3) is 10.0 Å². The van der Waals surface area contributed by atoms with Crippen molar-refractivity contribution >= 4 is 33.0 Å². The minimum Gasteiger partial charge on any atom is -0.378 e. The molecule has 12 heteroatoms. The van der Waals surface area contributed by atoms with Crippen molar-refractivity contribution in [3.8, 4) is 10.6 Å². The zero-order valence-electron chi connectivity index (χ0n) is 18.7. The lowest BCUT2D eigenvalue weighted by atomic mass is 10.2. The van der Waals surface area contributed by atoms with E-state index in [4.69, 9.17) is 4.74 Å². The van der Waals surface area contributed by atoms with Crippen LogP contribution in [0.5, 0.6) is 0 Å². The predicted octanol–water partition coefficient (Wildman–Crippen LogP) is 1.89. The van der Waals surface area contributed by atoms with Crippen molar-refractivity contribution in [3.05, 3.63) is 35.5 Å². The van der Waals surface area contributed by atoms with Gasteiger partial charge in [-0.15, -0.1) is 21.5 Å². The van der Waals surface area contributed by atoms with Crippen LogP contribution in [0.25, 0.3) is 10.6 Å². The minimum atomic E-state index is -3.55. The Morgan fingerprint density at radius 3 is 2.12 bits per heavy atom. The second-order valence-corrected chi connectivity index (χ2v) is 11.4. The molecule has 5 rings (SSSR count). The number of H-pyrrole nitrogens is 1. The monoisotopic (exact) mass is 489 g/mol. The Bertz CT molecular complexity index is 1210. The minimum absolute atomic E-state index is 0.348. The lowest BCUT2D eigenvalue weighted by molar-refractivity contribution is 0.122. The molecule has 0 spiro atoms. The number of ether oxygens (including phenoxy) is 1. The number of anilines is 2. The lowest BCUT2D eigenvalue weighted by Crippen LogP contribution is -2.48. The van der Waals surface area contributed by atoms with Gasteiger partial charge in [0.15, 0.2) is 11.6 Å². The van der Waals surface area contributed by atoms with E-state index in [1.54, 1.807) is 10.4 Å². The van der Waals surface area contributed by atoms with Gasteiger partial charge in [0.2, 0.25) is 0 Å². The Hall–Kier alpha value is -2.54. The van der Waals surface area contributed by atoms with Crippen molar-refractivity contribution in [1.29, 1.82) is 0 Å². The molecule has 0 atom stereocenters. The summed E-state index contributed by atoms with van der Waals surface area (Å²) in [7, 11) is -3.55. The molecule has 10 nitrogen and oxygen atoms in total. The molecule has 0 aliphatic carbocycles. The number of aromatic nitrogens is 4. The molecule has 0 bridgehead atoms. The van der Waals surface area contributed by atoms with Crippen LogP contribution < -0.4 is 9.80 Å². The second kappa shape index (κ2) is 9.01. The normalized spacial score (nSPS) is 18.1. The van der Waals surface area contributed by atoms with Gasteiger partial charge in [-0.25, -0.2) is 8.42 Å². The summed E-state index contributed by atoms with van der Waals surface area (Å²) in [4.78, 5) is 5.09. The molecule has 2 fully saturated rings. The van der Waals surface area contributed by atoms with Crippen molar-refractivity contribution in [1.82, 2.24) is 24.7 Å². The molecule has 5 heterocycles. The number of hydrogen-bond acceptors (Lipinski definition) is 9. The zero-order valence-corrected chi connectivity index (χ0v) is 20.3. The molecule has 2 aliphatic rings. The Balaban J connectivity index is 1.24. The molecule has 3 aromatic heterocycles. The van der Waals surface area contributed by atoms with Crippen molar-refractivity contribution in [3.63, 3.8) is 0 Å². The summed E-state index contributed by atoms with van der Waals surface area (Å²) in [5.74, 6) is 1.62. The number of hydrogen-bond donors (Lipinski definition) is 1. The number of aryl methyl sites for hydroxylation is 1. The summed E-state index contributed by atoms with van der Waals surface area (Å²) in [6.45, 7) is 8.92. The highest BCUT2D eigenvalue weighted by Gasteiger charge is 2.30. The van der Waals surface area contributed by atoms with Gasteiger partial charge in [-0.05, 0) is 43.7 Å². The van der Waals surface area contributed by atoms with Crippen molar-refractivity contribution in [2.75, 3.05) is 62.3 Å². The van der Waals surface area contributed by atoms with E-state index in [9.17, 15) is 8.42 Å². The number of nitrogens with zero attached hydrogens (tertiary/aromatic N) is 6. The maximum atomic E-state index is 13.2. The average Bonchev–Trinajstić information content (AvgIpc) is 3.47. The van der Waals surface area contributed by atoms with Crippen LogP contribution in [0, 0.1) is 13.8 Å². The van der Waals surface area contributed by atoms with Crippen LogP contribution in [0.2, 0.25) is 0 Å². The number of sulfonamides is 1. The summed E-state index contributed by atoms with van der Waals surface area (Å²) in [5, 5.41) is 16.0. The Morgan fingerprint density at radius 2 is 1.55 bits per heavy atom. The van der Waals surface area contributed by atoms with Crippen LogP contribution in [0.3, 0.4) is 0 Å². The maximum absolute atomic E-state index is 13.2. The van der Waals surface area contributed by atoms with E-state index in [1.807, 2.05) is 32.0 Å². The standard InChI is InChI=1S/C21H27N7O3S2/c1-15-16(2)22-25-21(15)17-3-6-20(32-17)33(29,30)28-9-7-26(8-10-28)18-4-5-19(24-23-18)27-11-13-31-14-12-27/h3-6H,7-14H2,1-2H3,(H,22,25). The molecule has 0 unspecified atom stereocenters. The van der Waals surface area contributed by atoms with Crippen molar-refractivity contribution in [2.45, 2.75) is 18.1 Å². The number of piperazine rings is 1. The molecule has 0 aromatic carbocycles. The van der Waals surface area contributed by atoms with E-state index in [2.05, 4.69) is 30.2 Å². The molecule has 176 valence electrons. The Kier molecular flexibility index (Phi) is 6.08. The smallest absolute Gasteiger partial charge is 0.252 e.